The Morgan fingerprint density at radius 1 is 1.40 bits per heavy atom. The molecule has 1 aromatic heterocycles. The molecule has 0 bridgehead atoms. The molecule has 7 heteroatoms. The zero-order chi connectivity index (χ0) is 14.6. The van der Waals surface area contributed by atoms with E-state index >= 15 is 0 Å². The van der Waals surface area contributed by atoms with Crippen LogP contribution in [-0.4, -0.2) is 37.2 Å². The molecule has 2 unspecified atom stereocenters. The second-order valence-electron chi connectivity index (χ2n) is 4.96. The molecule has 3 N–H and O–H groups in total. The average Bonchev–Trinajstić information content (AvgIpc) is 2.42. The molecular weight excluding hydrogens is 278 g/mol. The van der Waals surface area contributed by atoms with Crippen LogP contribution in [0.25, 0.3) is 0 Å². The van der Waals surface area contributed by atoms with E-state index in [0.717, 1.165) is 12.8 Å². The predicted octanol–water partition coefficient (Wildman–Crippen LogP) is 1.10. The summed E-state index contributed by atoms with van der Waals surface area (Å²) in [5.41, 5.74) is 0. The fraction of sp³-hybridized carbons (Fsp3) is 0.615. The third-order valence-electron chi connectivity index (χ3n) is 3.44. The monoisotopic (exact) mass is 299 g/mol. The van der Waals surface area contributed by atoms with Crippen LogP contribution in [0.15, 0.2) is 23.2 Å². The number of aliphatic hydroxyl groups is 1. The SMILES string of the molecule is CCNc1ncccc1S(=O)(=O)NC1CCCCC1O. The van der Waals surface area contributed by atoms with Gasteiger partial charge in [0.1, 0.15) is 10.7 Å². The van der Waals surface area contributed by atoms with Crippen LogP contribution in [0.2, 0.25) is 0 Å². The molecule has 0 amide bonds. The molecule has 0 aromatic carbocycles. The van der Waals surface area contributed by atoms with Crippen molar-refractivity contribution in [1.82, 2.24) is 9.71 Å². The van der Waals surface area contributed by atoms with Crippen molar-refractivity contribution in [2.75, 3.05) is 11.9 Å². The van der Waals surface area contributed by atoms with Crippen molar-refractivity contribution in [3.63, 3.8) is 0 Å². The van der Waals surface area contributed by atoms with Crippen molar-refractivity contribution < 1.29 is 13.5 Å². The van der Waals surface area contributed by atoms with Gasteiger partial charge in [-0.15, -0.1) is 0 Å². The Balaban J connectivity index is 2.21. The Kier molecular flexibility index (Phi) is 4.95. The van der Waals surface area contributed by atoms with Crippen LogP contribution in [0.4, 0.5) is 5.82 Å². The Morgan fingerprint density at radius 3 is 2.85 bits per heavy atom. The number of hydrogen-bond donors (Lipinski definition) is 3. The second kappa shape index (κ2) is 6.51. The van der Waals surface area contributed by atoms with Gasteiger partial charge in [0.15, 0.2) is 0 Å². The van der Waals surface area contributed by atoms with Crippen LogP contribution in [0, 0.1) is 0 Å². The molecule has 0 radical (unpaired) electrons. The van der Waals surface area contributed by atoms with E-state index in [0.29, 0.717) is 25.2 Å². The summed E-state index contributed by atoms with van der Waals surface area (Å²) < 4.78 is 27.5. The maximum absolute atomic E-state index is 12.4. The van der Waals surface area contributed by atoms with Crippen molar-refractivity contribution in [3.8, 4) is 0 Å². The first-order valence-electron chi connectivity index (χ1n) is 6.94. The Morgan fingerprint density at radius 2 is 2.15 bits per heavy atom. The van der Waals surface area contributed by atoms with Crippen molar-refractivity contribution in [2.45, 2.75) is 49.6 Å². The number of nitrogens with zero attached hydrogens (tertiary/aromatic N) is 1. The number of nitrogens with one attached hydrogen (secondary N) is 2. The first-order chi connectivity index (χ1) is 9.54. The van der Waals surface area contributed by atoms with Gasteiger partial charge in [-0.3, -0.25) is 0 Å². The molecule has 0 aliphatic heterocycles. The van der Waals surface area contributed by atoms with Crippen LogP contribution < -0.4 is 10.0 Å². The van der Waals surface area contributed by atoms with Gasteiger partial charge in [0.2, 0.25) is 10.0 Å². The highest BCUT2D eigenvalue weighted by molar-refractivity contribution is 7.89. The largest absolute Gasteiger partial charge is 0.391 e. The highest BCUT2D eigenvalue weighted by Crippen LogP contribution is 2.23. The quantitative estimate of drug-likeness (QED) is 0.757. The number of anilines is 1. The molecule has 1 aliphatic carbocycles. The molecule has 1 aliphatic rings. The van der Waals surface area contributed by atoms with Crippen LogP contribution >= 0.6 is 0 Å². The van der Waals surface area contributed by atoms with Gasteiger partial charge in [-0.1, -0.05) is 12.8 Å². The summed E-state index contributed by atoms with van der Waals surface area (Å²) in [6.07, 6.45) is 4.11. The van der Waals surface area contributed by atoms with E-state index in [1.807, 2.05) is 6.92 Å². The summed E-state index contributed by atoms with van der Waals surface area (Å²) in [6, 6.07) is 2.69. The third-order valence-corrected chi connectivity index (χ3v) is 4.96. The van der Waals surface area contributed by atoms with E-state index in [2.05, 4.69) is 15.0 Å². The molecule has 2 rings (SSSR count). The Labute approximate surface area is 119 Å². The summed E-state index contributed by atoms with van der Waals surface area (Å²) in [7, 11) is -3.68. The van der Waals surface area contributed by atoms with Crippen LogP contribution in [0.5, 0.6) is 0 Å². The topological polar surface area (TPSA) is 91.3 Å². The van der Waals surface area contributed by atoms with Gasteiger partial charge in [0.05, 0.1) is 6.10 Å². The van der Waals surface area contributed by atoms with Gasteiger partial charge in [0.25, 0.3) is 0 Å². The molecule has 1 saturated carbocycles. The minimum atomic E-state index is -3.68. The standard InChI is InChI=1S/C13H21N3O3S/c1-2-14-13-12(8-5-9-15-13)20(18,19)16-10-6-3-4-7-11(10)17/h5,8-11,16-17H,2-4,6-7H2,1H3,(H,14,15). The lowest BCUT2D eigenvalue weighted by molar-refractivity contribution is 0.101. The zero-order valence-electron chi connectivity index (χ0n) is 11.5. The van der Waals surface area contributed by atoms with Gasteiger partial charge in [-0.2, -0.15) is 0 Å². The van der Waals surface area contributed by atoms with Gasteiger partial charge >= 0.3 is 0 Å². The summed E-state index contributed by atoms with van der Waals surface area (Å²) in [4.78, 5) is 4.18. The van der Waals surface area contributed by atoms with E-state index in [-0.39, 0.29) is 4.90 Å². The molecular formula is C13H21N3O3S. The first-order valence-corrected chi connectivity index (χ1v) is 8.42. The third kappa shape index (κ3) is 3.47. The number of sulfonamides is 1. The number of aliphatic hydroxyl groups excluding tert-OH is 1. The van der Waals surface area contributed by atoms with Crippen molar-refractivity contribution >= 4 is 15.8 Å². The Bertz CT molecular complexity index is 548. The van der Waals surface area contributed by atoms with Gasteiger partial charge in [-0.25, -0.2) is 18.1 Å². The maximum Gasteiger partial charge on any atom is 0.244 e. The van der Waals surface area contributed by atoms with E-state index in [1.165, 1.54) is 6.07 Å². The minimum Gasteiger partial charge on any atom is -0.391 e. The minimum absolute atomic E-state index is 0.125. The summed E-state index contributed by atoms with van der Waals surface area (Å²) >= 11 is 0. The second-order valence-corrected chi connectivity index (χ2v) is 6.64. The highest BCUT2D eigenvalue weighted by Gasteiger charge is 2.29. The lowest BCUT2D eigenvalue weighted by Crippen LogP contribution is -2.45. The molecule has 0 saturated heterocycles. The Hall–Kier alpha value is -1.18. The molecule has 1 heterocycles. The number of hydrogen-bond acceptors (Lipinski definition) is 5. The number of aromatic nitrogens is 1. The van der Waals surface area contributed by atoms with Crippen LogP contribution in [-0.2, 0) is 10.0 Å². The van der Waals surface area contributed by atoms with Crippen LogP contribution in [0.1, 0.15) is 32.6 Å². The normalized spacial score (nSPS) is 23.5. The first kappa shape index (κ1) is 15.2. The smallest absolute Gasteiger partial charge is 0.244 e. The van der Waals surface area contributed by atoms with Crippen molar-refractivity contribution in [1.29, 1.82) is 0 Å². The average molecular weight is 299 g/mol. The summed E-state index contributed by atoms with van der Waals surface area (Å²) in [6.45, 7) is 2.47. The van der Waals surface area contributed by atoms with Gasteiger partial charge in [-0.05, 0) is 31.9 Å². The lowest BCUT2D eigenvalue weighted by atomic mass is 9.93. The molecule has 112 valence electrons. The summed E-state index contributed by atoms with van der Waals surface area (Å²) in [5.74, 6) is 0.341. The number of rotatable bonds is 5. The molecule has 0 spiro atoms. The number of pyridine rings is 1. The van der Waals surface area contributed by atoms with E-state index in [1.54, 1.807) is 12.3 Å². The molecule has 1 fully saturated rings. The zero-order valence-corrected chi connectivity index (χ0v) is 12.4. The molecule has 2 atom stereocenters. The van der Waals surface area contributed by atoms with Gasteiger partial charge in [0, 0.05) is 18.8 Å². The molecule has 6 nitrogen and oxygen atoms in total. The molecule has 20 heavy (non-hydrogen) atoms. The van der Waals surface area contributed by atoms with E-state index in [9.17, 15) is 13.5 Å². The van der Waals surface area contributed by atoms with E-state index < -0.39 is 22.2 Å². The predicted molar refractivity (Wildman–Crippen MR) is 77.0 cm³/mol. The van der Waals surface area contributed by atoms with Crippen LogP contribution in [0.3, 0.4) is 0 Å². The van der Waals surface area contributed by atoms with Gasteiger partial charge < -0.3 is 10.4 Å². The van der Waals surface area contributed by atoms with Crippen molar-refractivity contribution in [3.05, 3.63) is 18.3 Å². The highest BCUT2D eigenvalue weighted by atomic mass is 32.2. The van der Waals surface area contributed by atoms with Crippen molar-refractivity contribution in [2.24, 2.45) is 0 Å². The summed E-state index contributed by atoms with van der Waals surface area (Å²) in [5, 5.41) is 12.8. The lowest BCUT2D eigenvalue weighted by Gasteiger charge is -2.28. The van der Waals surface area contributed by atoms with E-state index in [4.69, 9.17) is 0 Å². The molecule has 1 aromatic rings. The fourth-order valence-electron chi connectivity index (χ4n) is 2.42. The maximum atomic E-state index is 12.4. The fourth-order valence-corrected chi connectivity index (χ4v) is 3.86.